The quantitative estimate of drug-likeness (QED) is 0.267. The topological polar surface area (TPSA) is 168 Å². The molecule has 10 heteroatoms. The molecule has 0 aliphatic carbocycles. The maximum atomic E-state index is 9.86. The van der Waals surface area contributed by atoms with Crippen molar-refractivity contribution in [2.24, 2.45) is 0 Å². The van der Waals surface area contributed by atoms with Gasteiger partial charge in [0.2, 0.25) is 0 Å². The molecule has 0 aliphatic heterocycles. The molecule has 16 heavy (non-hydrogen) atoms. The third-order valence-electron chi connectivity index (χ3n) is 0.685. The van der Waals surface area contributed by atoms with Gasteiger partial charge in [-0.15, -0.1) is 0 Å². The lowest BCUT2D eigenvalue weighted by molar-refractivity contribution is -0.116. The second-order valence-electron chi connectivity index (χ2n) is 1.87. The first-order valence-corrected chi connectivity index (χ1v) is 3.43. The third kappa shape index (κ3) is 14.3. The highest BCUT2D eigenvalue weighted by Gasteiger charge is 2.13. The molecule has 0 amide bonds. The van der Waals surface area contributed by atoms with Crippen LogP contribution in [0.4, 0.5) is 14.4 Å². The minimum Gasteiger partial charge on any atom is -0.449 e. The molecule has 0 heterocycles. The van der Waals surface area contributed by atoms with Gasteiger partial charge in [-0.3, -0.25) is 0 Å². The van der Waals surface area contributed by atoms with Crippen LogP contribution in [-0.2, 0) is 14.3 Å². The second kappa shape index (κ2) is 9.36. The fourth-order valence-electron chi connectivity index (χ4n) is 0.206. The lowest BCUT2D eigenvalue weighted by Crippen LogP contribution is -2.14. The summed E-state index contributed by atoms with van der Waals surface area (Å²) in [5.41, 5.74) is 0. The molecular formula is C6H8O10. The Hall–Kier alpha value is -2.20. The minimum atomic E-state index is -1.92. The molecule has 0 saturated carbocycles. The molecule has 0 bridgehead atoms. The number of carboxylic acid groups (broad SMARTS) is 2. The van der Waals surface area contributed by atoms with Crippen molar-refractivity contribution in [3.05, 3.63) is 0 Å². The van der Waals surface area contributed by atoms with E-state index in [0.29, 0.717) is 0 Å². The largest absolute Gasteiger partial charge is 0.528 e. The van der Waals surface area contributed by atoms with Gasteiger partial charge in [-0.2, -0.15) is 0 Å². The summed E-state index contributed by atoms with van der Waals surface area (Å²) in [6.07, 6.45) is -6.55. The summed E-state index contributed by atoms with van der Waals surface area (Å²) in [4.78, 5) is 38.1. The van der Waals surface area contributed by atoms with E-state index in [0.717, 1.165) is 0 Å². The Bertz CT molecular complexity index is 240. The van der Waals surface area contributed by atoms with E-state index in [1.165, 1.54) is 0 Å². The van der Waals surface area contributed by atoms with Crippen LogP contribution in [0.25, 0.3) is 0 Å². The first-order valence-electron chi connectivity index (χ1n) is 3.43. The van der Waals surface area contributed by atoms with Gasteiger partial charge in [-0.1, -0.05) is 0 Å². The normalized spacial score (nSPS) is 10.1. The Balaban J connectivity index is 0. The zero-order valence-corrected chi connectivity index (χ0v) is 7.60. The molecule has 0 saturated heterocycles. The van der Waals surface area contributed by atoms with Gasteiger partial charge in [0.25, 0.3) is 0 Å². The van der Waals surface area contributed by atoms with E-state index in [2.05, 4.69) is 9.47 Å². The number of carbonyl (C=O) groups is 4. The van der Waals surface area contributed by atoms with Crippen molar-refractivity contribution < 1.29 is 49.1 Å². The molecule has 0 radical (unpaired) electrons. The number of rotatable bonds is 2. The Morgan fingerprint density at radius 2 is 1.50 bits per heavy atom. The van der Waals surface area contributed by atoms with Crippen molar-refractivity contribution in [3.8, 4) is 0 Å². The summed E-state index contributed by atoms with van der Waals surface area (Å²) in [5.74, 6) is 0. The van der Waals surface area contributed by atoms with Crippen molar-refractivity contribution >= 4 is 24.8 Å². The first kappa shape index (κ1) is 16.2. The van der Waals surface area contributed by atoms with E-state index in [1.807, 2.05) is 0 Å². The third-order valence-corrected chi connectivity index (χ3v) is 0.685. The number of aldehydes is 1. The molecule has 0 fully saturated rings. The first-order chi connectivity index (χ1) is 7.33. The maximum Gasteiger partial charge on any atom is 0.528 e. The number of hydrogen-bond donors (Lipinski definition) is 4. The van der Waals surface area contributed by atoms with Gasteiger partial charge >= 0.3 is 18.5 Å². The molecule has 4 N–H and O–H groups in total. The van der Waals surface area contributed by atoms with Gasteiger partial charge in [0.15, 0.2) is 6.29 Å². The molecule has 0 aromatic heterocycles. The molecule has 92 valence electrons. The van der Waals surface area contributed by atoms with Crippen LogP contribution in [0, 0.1) is 0 Å². The van der Waals surface area contributed by atoms with Gasteiger partial charge in [0, 0.05) is 0 Å². The Morgan fingerprint density at radius 1 is 1.12 bits per heavy atom. The zero-order chi connectivity index (χ0) is 13.1. The monoisotopic (exact) mass is 240 g/mol. The van der Waals surface area contributed by atoms with Crippen LogP contribution >= 0.6 is 0 Å². The molecule has 0 rings (SSSR count). The van der Waals surface area contributed by atoms with Crippen LogP contribution in [0.2, 0.25) is 0 Å². The van der Waals surface area contributed by atoms with Crippen LogP contribution in [0.5, 0.6) is 0 Å². The Labute approximate surface area is 87.6 Å². The van der Waals surface area contributed by atoms with Crippen molar-refractivity contribution in [2.75, 3.05) is 6.61 Å². The molecule has 1 unspecified atom stereocenters. The zero-order valence-electron chi connectivity index (χ0n) is 7.60. The van der Waals surface area contributed by atoms with E-state index in [9.17, 15) is 19.2 Å². The lowest BCUT2D eigenvalue weighted by atomic mass is 10.4. The summed E-state index contributed by atoms with van der Waals surface area (Å²) in [7, 11) is 0. The van der Waals surface area contributed by atoms with E-state index in [-0.39, 0.29) is 6.29 Å². The average molecular weight is 240 g/mol. The van der Waals surface area contributed by atoms with Gasteiger partial charge < -0.3 is 34.7 Å². The maximum absolute atomic E-state index is 9.86. The van der Waals surface area contributed by atoms with Crippen molar-refractivity contribution in [1.82, 2.24) is 0 Å². The Kier molecular flexibility index (Phi) is 9.50. The van der Waals surface area contributed by atoms with Crippen molar-refractivity contribution in [1.29, 1.82) is 0 Å². The number of ether oxygens (including phenoxy) is 2. The molecule has 0 aromatic rings. The highest BCUT2D eigenvalue weighted by molar-refractivity contribution is 5.82. The van der Waals surface area contributed by atoms with E-state index in [4.69, 9.17) is 20.4 Å². The fourth-order valence-corrected chi connectivity index (χ4v) is 0.206. The molecule has 10 nitrogen and oxygen atoms in total. The summed E-state index contributed by atoms with van der Waals surface area (Å²) in [6, 6.07) is 0. The number of aliphatic hydroxyl groups is 2. The molecule has 1 atom stereocenters. The van der Waals surface area contributed by atoms with Gasteiger partial charge in [0.1, 0.15) is 6.10 Å². The standard InChI is InChI=1S/C3H2O7.C3H6O3/c4-1(5)9-3(8)10-2(6)7;4-1-3(6)2-5/h(H,4,5)(H,6,7);1,3,5-6H,2H2. The van der Waals surface area contributed by atoms with E-state index < -0.39 is 31.2 Å². The second-order valence-corrected chi connectivity index (χ2v) is 1.87. The van der Waals surface area contributed by atoms with Crippen LogP contribution in [0.1, 0.15) is 0 Å². The predicted octanol–water partition coefficient (Wildman–Crippen LogP) is -0.966. The summed E-state index contributed by atoms with van der Waals surface area (Å²) < 4.78 is 6.47. The van der Waals surface area contributed by atoms with Gasteiger partial charge in [-0.05, 0) is 0 Å². The number of carbonyl (C=O) groups excluding carboxylic acids is 2. The summed E-state index contributed by atoms with van der Waals surface area (Å²) >= 11 is 0. The van der Waals surface area contributed by atoms with Crippen LogP contribution < -0.4 is 0 Å². The van der Waals surface area contributed by atoms with Crippen LogP contribution in [0.3, 0.4) is 0 Å². The van der Waals surface area contributed by atoms with Gasteiger partial charge in [0.05, 0.1) is 6.61 Å². The smallest absolute Gasteiger partial charge is 0.449 e. The number of aliphatic hydroxyl groups excluding tert-OH is 2. The van der Waals surface area contributed by atoms with Crippen LogP contribution in [-0.4, -0.2) is 57.9 Å². The molecule has 0 aliphatic rings. The minimum absolute atomic E-state index is 0.278. The van der Waals surface area contributed by atoms with Crippen molar-refractivity contribution in [2.45, 2.75) is 6.10 Å². The van der Waals surface area contributed by atoms with E-state index >= 15 is 0 Å². The SMILES string of the molecule is O=C(O)OC(=O)OC(=O)O.O=CC(O)CO. The molecular weight excluding hydrogens is 232 g/mol. The van der Waals surface area contributed by atoms with Crippen molar-refractivity contribution in [3.63, 3.8) is 0 Å². The Morgan fingerprint density at radius 3 is 1.62 bits per heavy atom. The van der Waals surface area contributed by atoms with Crippen LogP contribution in [0.15, 0.2) is 0 Å². The van der Waals surface area contributed by atoms with Gasteiger partial charge in [-0.25, -0.2) is 14.4 Å². The highest BCUT2D eigenvalue weighted by atomic mass is 16.8. The number of hydrogen-bond acceptors (Lipinski definition) is 8. The molecule has 0 spiro atoms. The summed E-state index contributed by atoms with van der Waals surface area (Å²) in [5, 5.41) is 31.3. The predicted molar refractivity (Wildman–Crippen MR) is 42.8 cm³/mol. The highest BCUT2D eigenvalue weighted by Crippen LogP contribution is 1.85. The molecule has 0 aromatic carbocycles. The van der Waals surface area contributed by atoms with E-state index in [1.54, 1.807) is 0 Å². The lowest BCUT2D eigenvalue weighted by Gasteiger charge is -1.93. The fraction of sp³-hybridized carbons (Fsp3) is 0.333. The average Bonchev–Trinajstić information content (AvgIpc) is 2.14. The summed E-state index contributed by atoms with van der Waals surface area (Å²) in [6.45, 7) is -0.483.